The molecule has 1 fully saturated rings. The zero-order valence-corrected chi connectivity index (χ0v) is 12.0. The van der Waals surface area contributed by atoms with Gasteiger partial charge in [0.15, 0.2) is 0 Å². The highest BCUT2D eigenvalue weighted by Gasteiger charge is 2.22. The van der Waals surface area contributed by atoms with E-state index in [4.69, 9.17) is 4.18 Å². The molecule has 1 aliphatic rings. The first-order chi connectivity index (χ1) is 9.57. The number of rotatable bonds is 5. The van der Waals surface area contributed by atoms with Gasteiger partial charge in [-0.25, -0.2) is 0 Å². The minimum absolute atomic E-state index is 0.239. The molecule has 1 aliphatic carbocycles. The number of amides is 1. The highest BCUT2D eigenvalue weighted by atomic mass is 32.2. The third kappa shape index (κ3) is 4.61. The molecule has 5 nitrogen and oxygen atoms in total. The van der Waals surface area contributed by atoms with Crippen LogP contribution in [-0.2, 0) is 14.3 Å². The van der Waals surface area contributed by atoms with Crippen LogP contribution in [0.3, 0.4) is 0 Å². The summed E-state index contributed by atoms with van der Waals surface area (Å²) in [6.07, 6.45) is 4.41. The first-order valence-electron chi connectivity index (χ1n) is 6.72. The van der Waals surface area contributed by atoms with Crippen molar-refractivity contribution in [1.82, 2.24) is 5.32 Å². The van der Waals surface area contributed by atoms with Crippen LogP contribution >= 0.6 is 0 Å². The van der Waals surface area contributed by atoms with E-state index >= 15 is 0 Å². The van der Waals surface area contributed by atoms with Gasteiger partial charge < -0.3 is 5.32 Å². The molecule has 1 N–H and O–H groups in total. The molecule has 20 heavy (non-hydrogen) atoms. The monoisotopic (exact) mass is 296 g/mol. The molecule has 1 amide bonds. The van der Waals surface area contributed by atoms with Crippen molar-refractivity contribution in [3.8, 4) is 0 Å². The van der Waals surface area contributed by atoms with E-state index in [9.17, 15) is 13.2 Å². The summed E-state index contributed by atoms with van der Waals surface area (Å²) in [5.41, 5.74) is 0.400. The van der Waals surface area contributed by atoms with E-state index in [1.165, 1.54) is 0 Å². The van der Waals surface area contributed by atoms with Gasteiger partial charge in [0, 0.05) is 5.56 Å². The summed E-state index contributed by atoms with van der Waals surface area (Å²) in [5.74, 6) is -0.934. The maximum Gasteiger partial charge on any atom is 0.285 e. The standard InChI is InChI=1S/C14H18NO4S/c16-14(12-7-3-1-4-8-12)15-11-20(17,18)19-13-9-5-2-6-10-13/h3-4,7-8,13H,2,5-6,9-11H2,(H,15,16). The van der Waals surface area contributed by atoms with Crippen LogP contribution in [0, 0.1) is 6.07 Å². The number of carbonyl (C=O) groups is 1. The lowest BCUT2D eigenvalue weighted by atomic mass is 9.98. The average molecular weight is 296 g/mol. The first kappa shape index (κ1) is 15.0. The smallest absolute Gasteiger partial charge is 0.285 e. The van der Waals surface area contributed by atoms with Crippen LogP contribution in [0.25, 0.3) is 0 Å². The Kier molecular flexibility index (Phi) is 5.14. The fraction of sp³-hybridized carbons (Fsp3) is 0.500. The number of benzene rings is 1. The summed E-state index contributed by atoms with van der Waals surface area (Å²) in [5, 5.41) is 2.36. The maximum atomic E-state index is 11.8. The van der Waals surface area contributed by atoms with Gasteiger partial charge in [-0.15, -0.1) is 0 Å². The van der Waals surface area contributed by atoms with Crippen molar-refractivity contribution in [2.24, 2.45) is 0 Å². The molecule has 1 saturated carbocycles. The van der Waals surface area contributed by atoms with Crippen LogP contribution in [-0.4, -0.2) is 26.3 Å². The lowest BCUT2D eigenvalue weighted by molar-refractivity contribution is 0.0955. The van der Waals surface area contributed by atoms with E-state index in [0.717, 1.165) is 32.1 Å². The molecule has 0 saturated heterocycles. The molecule has 0 bridgehead atoms. The van der Waals surface area contributed by atoms with Gasteiger partial charge in [0.05, 0.1) is 6.10 Å². The van der Waals surface area contributed by atoms with Crippen LogP contribution in [0.15, 0.2) is 24.3 Å². The SMILES string of the molecule is O=C(NCS(=O)(=O)OC1CCCCC1)c1cc[c]cc1. The van der Waals surface area contributed by atoms with E-state index in [0.29, 0.717) is 5.56 Å². The van der Waals surface area contributed by atoms with Gasteiger partial charge in [-0.3, -0.25) is 8.98 Å². The van der Waals surface area contributed by atoms with E-state index < -0.39 is 21.9 Å². The Labute approximate surface area is 119 Å². The molecule has 0 unspecified atom stereocenters. The molecular weight excluding hydrogens is 278 g/mol. The highest BCUT2D eigenvalue weighted by Crippen LogP contribution is 2.21. The van der Waals surface area contributed by atoms with Gasteiger partial charge in [-0.05, 0) is 31.0 Å². The number of nitrogens with one attached hydrogen (secondary N) is 1. The highest BCUT2D eigenvalue weighted by molar-refractivity contribution is 7.86. The molecule has 1 aromatic rings. The zero-order chi connectivity index (χ0) is 14.4. The summed E-state index contributed by atoms with van der Waals surface area (Å²) in [6, 6.07) is 9.14. The van der Waals surface area contributed by atoms with Crippen LogP contribution in [0.5, 0.6) is 0 Å². The normalized spacial score (nSPS) is 16.8. The van der Waals surface area contributed by atoms with Gasteiger partial charge in [0.1, 0.15) is 5.88 Å². The Morgan fingerprint density at radius 2 is 1.90 bits per heavy atom. The average Bonchev–Trinajstić information content (AvgIpc) is 2.46. The van der Waals surface area contributed by atoms with Crippen molar-refractivity contribution in [3.05, 3.63) is 35.9 Å². The number of hydrogen-bond donors (Lipinski definition) is 1. The molecule has 0 spiro atoms. The molecule has 0 heterocycles. The van der Waals surface area contributed by atoms with Gasteiger partial charge in [0.2, 0.25) is 0 Å². The fourth-order valence-corrected chi connectivity index (χ4v) is 3.18. The third-order valence-corrected chi connectivity index (χ3v) is 4.29. The van der Waals surface area contributed by atoms with Gasteiger partial charge in [-0.1, -0.05) is 31.4 Å². The Balaban J connectivity index is 1.84. The van der Waals surface area contributed by atoms with Crippen molar-refractivity contribution in [2.75, 3.05) is 5.88 Å². The Hall–Kier alpha value is -1.40. The Morgan fingerprint density at radius 3 is 2.55 bits per heavy atom. The fourth-order valence-electron chi connectivity index (χ4n) is 2.20. The second-order valence-electron chi connectivity index (χ2n) is 4.85. The van der Waals surface area contributed by atoms with Gasteiger partial charge in [0.25, 0.3) is 16.0 Å². The van der Waals surface area contributed by atoms with Crippen molar-refractivity contribution in [3.63, 3.8) is 0 Å². The predicted octanol–water partition coefficient (Wildman–Crippen LogP) is 1.85. The summed E-state index contributed by atoms with van der Waals surface area (Å²) in [6.45, 7) is 0. The van der Waals surface area contributed by atoms with Crippen molar-refractivity contribution >= 4 is 16.0 Å². The lowest BCUT2D eigenvalue weighted by Gasteiger charge is -2.21. The van der Waals surface area contributed by atoms with Crippen LogP contribution in [0.2, 0.25) is 0 Å². The van der Waals surface area contributed by atoms with Crippen LogP contribution in [0.1, 0.15) is 42.5 Å². The van der Waals surface area contributed by atoms with E-state index in [1.54, 1.807) is 24.3 Å². The first-order valence-corrected chi connectivity index (χ1v) is 8.30. The Morgan fingerprint density at radius 1 is 1.25 bits per heavy atom. The molecule has 0 aromatic heterocycles. The second-order valence-corrected chi connectivity index (χ2v) is 6.45. The summed E-state index contributed by atoms with van der Waals surface area (Å²) < 4.78 is 28.7. The molecule has 6 heteroatoms. The molecule has 109 valence electrons. The van der Waals surface area contributed by atoms with Gasteiger partial charge >= 0.3 is 0 Å². The van der Waals surface area contributed by atoms with E-state index in [-0.39, 0.29) is 6.10 Å². The largest absolute Gasteiger partial charge is 0.336 e. The number of hydrogen-bond acceptors (Lipinski definition) is 4. The zero-order valence-electron chi connectivity index (χ0n) is 11.2. The van der Waals surface area contributed by atoms with E-state index in [1.807, 2.05) is 0 Å². The maximum absolute atomic E-state index is 11.8. The molecule has 2 rings (SSSR count). The van der Waals surface area contributed by atoms with Crippen LogP contribution in [0.4, 0.5) is 0 Å². The number of carbonyl (C=O) groups excluding carboxylic acids is 1. The van der Waals surface area contributed by atoms with Crippen molar-refractivity contribution < 1.29 is 17.4 Å². The minimum atomic E-state index is -3.72. The third-order valence-electron chi connectivity index (χ3n) is 3.22. The van der Waals surface area contributed by atoms with Gasteiger partial charge in [-0.2, -0.15) is 8.42 Å². The van der Waals surface area contributed by atoms with E-state index in [2.05, 4.69) is 11.4 Å². The molecule has 1 aromatic carbocycles. The molecule has 0 aliphatic heterocycles. The molecule has 1 radical (unpaired) electrons. The van der Waals surface area contributed by atoms with Crippen LogP contribution < -0.4 is 5.32 Å². The molecular formula is C14H18NO4S. The summed E-state index contributed by atoms with van der Waals surface area (Å²) in [4.78, 5) is 11.7. The quantitative estimate of drug-likeness (QED) is 0.842. The summed E-state index contributed by atoms with van der Waals surface area (Å²) >= 11 is 0. The topological polar surface area (TPSA) is 72.5 Å². The summed E-state index contributed by atoms with van der Waals surface area (Å²) in [7, 11) is -3.72. The lowest BCUT2D eigenvalue weighted by Crippen LogP contribution is -2.33. The molecule has 0 atom stereocenters. The predicted molar refractivity (Wildman–Crippen MR) is 74.5 cm³/mol. The Bertz CT molecular complexity index is 536. The second kappa shape index (κ2) is 6.85. The van der Waals surface area contributed by atoms with Crippen molar-refractivity contribution in [2.45, 2.75) is 38.2 Å². The van der Waals surface area contributed by atoms with Crippen molar-refractivity contribution in [1.29, 1.82) is 0 Å². The minimum Gasteiger partial charge on any atom is -0.336 e.